The van der Waals surface area contributed by atoms with Gasteiger partial charge in [0.05, 0.1) is 18.1 Å². The fraction of sp³-hybridized carbons (Fsp3) is 0.733. The lowest BCUT2D eigenvalue weighted by Crippen LogP contribution is -2.36. The summed E-state index contributed by atoms with van der Waals surface area (Å²) < 4.78 is 28.4. The van der Waals surface area contributed by atoms with Crippen LogP contribution in [-0.2, 0) is 19.4 Å². The van der Waals surface area contributed by atoms with Crippen molar-refractivity contribution in [2.24, 2.45) is 5.92 Å². The standard InChI is InChI=1S/C15H25N3O4S/c1-12(2)9-17-15(19)13(8-16)10-18(5-6-22-3)14-4-7-23(20,21)11-14/h10,12,14H,4-7,9,11H2,1-3H3,(H,17,19)/b13-10-. The summed E-state index contributed by atoms with van der Waals surface area (Å²) in [5.74, 6) is 0.0172. The number of nitrogens with one attached hydrogen (secondary N) is 1. The Bertz CT molecular complexity index is 578. The number of ether oxygens (including phenoxy) is 1. The lowest BCUT2D eigenvalue weighted by molar-refractivity contribution is -0.117. The number of hydrogen-bond donors (Lipinski definition) is 1. The van der Waals surface area contributed by atoms with Crippen LogP contribution in [-0.4, -0.2) is 63.6 Å². The molecular weight excluding hydrogens is 318 g/mol. The van der Waals surface area contributed by atoms with Crippen molar-refractivity contribution in [1.82, 2.24) is 10.2 Å². The quantitative estimate of drug-likeness (QED) is 0.503. The molecule has 0 aliphatic carbocycles. The number of nitriles is 1. The number of amides is 1. The molecular formula is C15H25N3O4S. The molecule has 1 atom stereocenters. The first kappa shape index (κ1) is 19.5. The van der Waals surface area contributed by atoms with Gasteiger partial charge < -0.3 is 15.0 Å². The Labute approximate surface area is 138 Å². The number of methoxy groups -OCH3 is 1. The average Bonchev–Trinajstić information content (AvgIpc) is 2.85. The first-order valence-corrected chi connectivity index (χ1v) is 9.46. The lowest BCUT2D eigenvalue weighted by atomic mass is 10.2. The molecule has 0 aromatic carbocycles. The summed E-state index contributed by atoms with van der Waals surface area (Å²) in [6, 6.07) is 1.67. The Kier molecular flexibility index (Phi) is 7.52. The van der Waals surface area contributed by atoms with Crippen molar-refractivity contribution < 1.29 is 17.9 Å². The van der Waals surface area contributed by atoms with Crippen molar-refractivity contribution in [1.29, 1.82) is 5.26 Å². The van der Waals surface area contributed by atoms with Gasteiger partial charge in [0.15, 0.2) is 9.84 Å². The highest BCUT2D eigenvalue weighted by Crippen LogP contribution is 2.18. The first-order valence-electron chi connectivity index (χ1n) is 7.64. The number of hydrogen-bond acceptors (Lipinski definition) is 6. The van der Waals surface area contributed by atoms with E-state index in [0.29, 0.717) is 26.1 Å². The van der Waals surface area contributed by atoms with Gasteiger partial charge in [-0.2, -0.15) is 5.26 Å². The Morgan fingerprint density at radius 3 is 2.70 bits per heavy atom. The summed E-state index contributed by atoms with van der Waals surface area (Å²) in [5.41, 5.74) is -0.0222. The Morgan fingerprint density at radius 1 is 1.52 bits per heavy atom. The monoisotopic (exact) mass is 343 g/mol. The van der Waals surface area contributed by atoms with E-state index in [0.717, 1.165) is 0 Å². The van der Waals surface area contributed by atoms with E-state index in [4.69, 9.17) is 4.74 Å². The van der Waals surface area contributed by atoms with Crippen LogP contribution in [0, 0.1) is 17.2 Å². The van der Waals surface area contributed by atoms with Crippen molar-refractivity contribution in [2.45, 2.75) is 26.3 Å². The molecule has 1 N–H and O–H groups in total. The summed E-state index contributed by atoms with van der Waals surface area (Å²) in [5, 5.41) is 11.9. The molecule has 1 saturated heterocycles. The molecule has 1 aliphatic heterocycles. The van der Waals surface area contributed by atoms with E-state index in [1.54, 1.807) is 12.0 Å². The van der Waals surface area contributed by atoms with E-state index in [1.807, 2.05) is 19.9 Å². The van der Waals surface area contributed by atoms with Gasteiger partial charge in [0, 0.05) is 32.4 Å². The molecule has 8 heteroatoms. The Hall–Kier alpha value is -1.59. The maximum atomic E-state index is 12.1. The van der Waals surface area contributed by atoms with E-state index >= 15 is 0 Å². The van der Waals surface area contributed by atoms with Crippen LogP contribution in [0.1, 0.15) is 20.3 Å². The zero-order valence-electron chi connectivity index (χ0n) is 13.9. The molecule has 23 heavy (non-hydrogen) atoms. The summed E-state index contributed by atoms with van der Waals surface area (Å²) in [6.07, 6.45) is 1.95. The van der Waals surface area contributed by atoms with E-state index in [1.165, 1.54) is 6.20 Å². The number of carbonyl (C=O) groups excluding carboxylic acids is 1. The topological polar surface area (TPSA) is 99.5 Å². The predicted molar refractivity (Wildman–Crippen MR) is 87.2 cm³/mol. The molecule has 0 spiro atoms. The molecule has 1 unspecified atom stereocenters. The van der Waals surface area contributed by atoms with Gasteiger partial charge in [-0.3, -0.25) is 4.79 Å². The second kappa shape index (κ2) is 8.89. The minimum atomic E-state index is -3.04. The van der Waals surface area contributed by atoms with Gasteiger partial charge in [0.1, 0.15) is 11.6 Å². The molecule has 0 aromatic rings. The van der Waals surface area contributed by atoms with Crippen LogP contribution >= 0.6 is 0 Å². The second-order valence-corrected chi connectivity index (χ2v) is 8.27. The zero-order chi connectivity index (χ0) is 17.5. The van der Waals surface area contributed by atoms with Crippen LogP contribution in [0.2, 0.25) is 0 Å². The van der Waals surface area contributed by atoms with Gasteiger partial charge in [0.2, 0.25) is 0 Å². The van der Waals surface area contributed by atoms with Crippen molar-refractivity contribution in [3.63, 3.8) is 0 Å². The molecule has 1 amide bonds. The molecule has 0 saturated carbocycles. The van der Waals surface area contributed by atoms with Crippen molar-refractivity contribution in [3.8, 4) is 6.07 Å². The maximum absolute atomic E-state index is 12.1. The smallest absolute Gasteiger partial charge is 0.263 e. The fourth-order valence-corrected chi connectivity index (χ4v) is 4.02. The highest BCUT2D eigenvalue weighted by atomic mass is 32.2. The molecule has 1 fully saturated rings. The number of carbonyl (C=O) groups is 1. The molecule has 1 rings (SSSR count). The molecule has 0 aromatic heterocycles. The second-order valence-electron chi connectivity index (χ2n) is 6.05. The van der Waals surface area contributed by atoms with Gasteiger partial charge in [-0.1, -0.05) is 13.8 Å². The van der Waals surface area contributed by atoms with Gasteiger partial charge >= 0.3 is 0 Å². The van der Waals surface area contributed by atoms with Gasteiger partial charge in [-0.25, -0.2) is 8.42 Å². The summed E-state index contributed by atoms with van der Waals surface area (Å²) in [7, 11) is -1.50. The van der Waals surface area contributed by atoms with Gasteiger partial charge in [-0.05, 0) is 12.3 Å². The van der Waals surface area contributed by atoms with E-state index in [9.17, 15) is 18.5 Å². The fourth-order valence-electron chi connectivity index (χ4n) is 2.28. The van der Waals surface area contributed by atoms with E-state index < -0.39 is 15.7 Å². The highest BCUT2D eigenvalue weighted by Gasteiger charge is 2.31. The maximum Gasteiger partial charge on any atom is 0.263 e. The number of rotatable bonds is 8. The number of nitrogens with zero attached hydrogens (tertiary/aromatic N) is 2. The van der Waals surface area contributed by atoms with E-state index in [2.05, 4.69) is 5.32 Å². The summed E-state index contributed by atoms with van der Waals surface area (Å²) in [6.45, 7) is 5.22. The average molecular weight is 343 g/mol. The van der Waals surface area contributed by atoms with Crippen molar-refractivity contribution in [3.05, 3.63) is 11.8 Å². The molecule has 0 radical (unpaired) electrons. The minimum absolute atomic E-state index is 0.0222. The third-order valence-corrected chi connectivity index (χ3v) is 5.31. The van der Waals surface area contributed by atoms with Crippen LogP contribution in [0.3, 0.4) is 0 Å². The Balaban J connectivity index is 2.87. The number of sulfone groups is 1. The van der Waals surface area contributed by atoms with Crippen LogP contribution in [0.5, 0.6) is 0 Å². The SMILES string of the molecule is COCCN(/C=C(/C#N)C(=O)NCC(C)C)C1CCS(=O)(=O)C1. The Morgan fingerprint density at radius 2 is 2.22 bits per heavy atom. The van der Waals surface area contributed by atoms with Crippen LogP contribution < -0.4 is 5.32 Å². The van der Waals surface area contributed by atoms with Crippen LogP contribution in [0.4, 0.5) is 0 Å². The zero-order valence-corrected chi connectivity index (χ0v) is 14.7. The molecule has 130 valence electrons. The van der Waals surface area contributed by atoms with Gasteiger partial charge in [0.25, 0.3) is 5.91 Å². The first-order chi connectivity index (χ1) is 10.8. The van der Waals surface area contributed by atoms with E-state index in [-0.39, 0.29) is 29.0 Å². The highest BCUT2D eigenvalue weighted by molar-refractivity contribution is 7.91. The third-order valence-electron chi connectivity index (χ3n) is 3.56. The van der Waals surface area contributed by atoms with Crippen LogP contribution in [0.15, 0.2) is 11.8 Å². The lowest BCUT2D eigenvalue weighted by Gasteiger charge is -2.26. The molecule has 0 bridgehead atoms. The summed E-state index contributed by atoms with van der Waals surface area (Å²) >= 11 is 0. The normalized spacial score (nSPS) is 20.3. The van der Waals surface area contributed by atoms with Crippen molar-refractivity contribution >= 4 is 15.7 Å². The summed E-state index contributed by atoms with van der Waals surface area (Å²) in [4.78, 5) is 13.8. The van der Waals surface area contributed by atoms with Crippen LogP contribution in [0.25, 0.3) is 0 Å². The largest absolute Gasteiger partial charge is 0.383 e. The molecule has 1 aliphatic rings. The minimum Gasteiger partial charge on any atom is -0.383 e. The third kappa shape index (κ3) is 6.59. The molecule has 7 nitrogen and oxygen atoms in total. The van der Waals surface area contributed by atoms with Gasteiger partial charge in [-0.15, -0.1) is 0 Å². The van der Waals surface area contributed by atoms with Crippen molar-refractivity contribution in [2.75, 3.05) is 38.3 Å². The predicted octanol–water partition coefficient (Wildman–Crippen LogP) is 0.302. The molecule has 1 heterocycles.